The normalized spacial score (nSPS) is 19.9. The van der Waals surface area contributed by atoms with Crippen LogP contribution in [0.5, 0.6) is 0 Å². The highest BCUT2D eigenvalue weighted by Gasteiger charge is 2.23. The summed E-state index contributed by atoms with van der Waals surface area (Å²) in [6, 6.07) is -0.152. The van der Waals surface area contributed by atoms with E-state index in [2.05, 4.69) is 10.2 Å². The number of rotatable bonds is 9. The zero-order chi connectivity index (χ0) is 14.1. The van der Waals surface area contributed by atoms with Gasteiger partial charge in [-0.05, 0) is 45.1 Å². The van der Waals surface area contributed by atoms with Gasteiger partial charge in [0.1, 0.15) is 12.1 Å². The molecule has 1 fully saturated rings. The van der Waals surface area contributed by atoms with E-state index in [1.165, 1.54) is 0 Å². The molecule has 7 heteroatoms. The van der Waals surface area contributed by atoms with Crippen LogP contribution >= 0.6 is 0 Å². The molecule has 0 aromatic carbocycles. The molecule has 0 aliphatic carbocycles. The number of carbonyl (C=O) groups excluding carboxylic acids is 1. The zero-order valence-corrected chi connectivity index (χ0v) is 11.3. The number of nitrogens with one attached hydrogen (secondary N) is 1. The average molecular weight is 274 g/mol. The maximum atomic E-state index is 11.5. The third kappa shape index (κ3) is 6.37. The molecule has 0 saturated carbocycles. The van der Waals surface area contributed by atoms with E-state index < -0.39 is 5.09 Å². The van der Waals surface area contributed by atoms with Gasteiger partial charge in [0.2, 0.25) is 0 Å². The summed E-state index contributed by atoms with van der Waals surface area (Å²) in [6.07, 6.45) is 4.16. The molecule has 0 aromatic rings. The molecule has 0 radical (unpaired) electrons. The summed E-state index contributed by atoms with van der Waals surface area (Å²) < 4.78 is 5.15. The van der Waals surface area contributed by atoms with Crippen molar-refractivity contribution in [1.29, 1.82) is 0 Å². The number of hydrogen-bond acceptors (Lipinski definition) is 6. The predicted molar refractivity (Wildman–Crippen MR) is 68.0 cm³/mol. The minimum absolute atomic E-state index is 0.152. The maximum absolute atomic E-state index is 11.5. The second kappa shape index (κ2) is 8.68. The van der Waals surface area contributed by atoms with E-state index in [4.69, 9.17) is 4.74 Å². The van der Waals surface area contributed by atoms with Crippen LogP contribution in [0.15, 0.2) is 0 Å². The van der Waals surface area contributed by atoms with Gasteiger partial charge in [0, 0.05) is 0 Å². The molecule has 0 spiro atoms. The van der Waals surface area contributed by atoms with Gasteiger partial charge in [0.15, 0.2) is 0 Å². The third-order valence-electron chi connectivity index (χ3n) is 3.20. The van der Waals surface area contributed by atoms with Crippen LogP contribution in [0.1, 0.15) is 45.4 Å². The van der Waals surface area contributed by atoms with Gasteiger partial charge in [-0.2, -0.15) is 0 Å². The Bertz CT molecular complexity index is 292. The van der Waals surface area contributed by atoms with Gasteiger partial charge >= 0.3 is 5.97 Å². The molecule has 1 N–H and O–H groups in total. The van der Waals surface area contributed by atoms with Gasteiger partial charge in [-0.25, -0.2) is 0 Å². The van der Waals surface area contributed by atoms with Gasteiger partial charge < -0.3 is 14.9 Å². The number of esters is 1. The molecule has 1 saturated heterocycles. The van der Waals surface area contributed by atoms with Crippen LogP contribution in [0.4, 0.5) is 0 Å². The zero-order valence-electron chi connectivity index (χ0n) is 11.3. The quantitative estimate of drug-likeness (QED) is 0.296. The highest BCUT2D eigenvalue weighted by molar-refractivity contribution is 5.76. The molecule has 19 heavy (non-hydrogen) atoms. The van der Waals surface area contributed by atoms with Crippen LogP contribution < -0.4 is 5.32 Å². The van der Waals surface area contributed by atoms with E-state index >= 15 is 0 Å². The summed E-state index contributed by atoms with van der Waals surface area (Å²) in [7, 11) is 0. The highest BCUT2D eigenvalue weighted by atomic mass is 17.0. The Kier molecular flexibility index (Phi) is 7.17. The lowest BCUT2D eigenvalue weighted by atomic mass is 10.1. The summed E-state index contributed by atoms with van der Waals surface area (Å²) in [4.78, 5) is 26.3. The Hall–Kier alpha value is -1.37. The van der Waals surface area contributed by atoms with Crippen LogP contribution in [0.3, 0.4) is 0 Å². The van der Waals surface area contributed by atoms with E-state index in [1.807, 2.05) is 6.92 Å². The van der Waals surface area contributed by atoms with Crippen molar-refractivity contribution in [2.45, 2.75) is 57.6 Å². The molecule has 110 valence electrons. The van der Waals surface area contributed by atoms with Crippen molar-refractivity contribution < 1.29 is 19.5 Å². The van der Waals surface area contributed by atoms with E-state index in [0.717, 1.165) is 25.8 Å². The molecular formula is C12H22N2O5. The molecular weight excluding hydrogens is 252 g/mol. The van der Waals surface area contributed by atoms with E-state index in [-0.39, 0.29) is 18.1 Å². The predicted octanol–water partition coefficient (Wildman–Crippen LogP) is 1.44. The second-order valence-corrected chi connectivity index (χ2v) is 4.67. The first-order chi connectivity index (χ1) is 9.13. The Balaban J connectivity index is 2.03. The number of unbranched alkanes of at least 4 members (excludes halogenated alkanes) is 1. The molecule has 2 unspecified atom stereocenters. The van der Waals surface area contributed by atoms with Gasteiger partial charge in [-0.15, -0.1) is 10.1 Å². The average Bonchev–Trinajstić information content (AvgIpc) is 2.90. The number of ether oxygens (including phenoxy) is 1. The van der Waals surface area contributed by atoms with Crippen molar-refractivity contribution in [3.63, 3.8) is 0 Å². The van der Waals surface area contributed by atoms with Crippen molar-refractivity contribution in [1.82, 2.24) is 5.32 Å². The Labute approximate surface area is 112 Å². The van der Waals surface area contributed by atoms with Crippen LogP contribution in [-0.2, 0) is 14.4 Å². The third-order valence-corrected chi connectivity index (χ3v) is 3.20. The van der Waals surface area contributed by atoms with Crippen LogP contribution in [-0.4, -0.2) is 36.4 Å². The van der Waals surface area contributed by atoms with Gasteiger partial charge in [-0.3, -0.25) is 4.79 Å². The van der Waals surface area contributed by atoms with Crippen molar-refractivity contribution in [3.8, 4) is 0 Å². The first-order valence-corrected chi connectivity index (χ1v) is 6.84. The summed E-state index contributed by atoms with van der Waals surface area (Å²) in [5.74, 6) is -0.189. The fourth-order valence-electron chi connectivity index (χ4n) is 2.09. The molecule has 0 amide bonds. The minimum atomic E-state index is -0.750. The molecule has 1 rings (SSSR count). The van der Waals surface area contributed by atoms with Gasteiger partial charge in [0.25, 0.3) is 5.09 Å². The Morgan fingerprint density at radius 3 is 2.89 bits per heavy atom. The van der Waals surface area contributed by atoms with Crippen LogP contribution in [0.2, 0.25) is 0 Å². The van der Waals surface area contributed by atoms with Crippen molar-refractivity contribution in [3.05, 3.63) is 10.1 Å². The van der Waals surface area contributed by atoms with Crippen molar-refractivity contribution in [2.75, 3.05) is 13.2 Å². The molecule has 0 aromatic heterocycles. The SMILES string of the molecule is CCC(CCCCOC(=O)C1CCCN1)O[N+](=O)[O-]. The molecule has 1 heterocycles. The van der Waals surface area contributed by atoms with Crippen LogP contribution in [0.25, 0.3) is 0 Å². The lowest BCUT2D eigenvalue weighted by Crippen LogP contribution is -2.32. The minimum Gasteiger partial charge on any atom is -0.465 e. The molecule has 7 nitrogen and oxygen atoms in total. The summed E-state index contributed by atoms with van der Waals surface area (Å²) in [5, 5.41) is 12.5. The monoisotopic (exact) mass is 274 g/mol. The highest BCUT2D eigenvalue weighted by Crippen LogP contribution is 2.10. The van der Waals surface area contributed by atoms with Gasteiger partial charge in [0.05, 0.1) is 6.61 Å². The molecule has 1 aliphatic heterocycles. The largest absolute Gasteiger partial charge is 0.465 e. The molecule has 1 aliphatic rings. The standard InChI is InChI=1S/C12H22N2O5/c1-2-10(19-14(16)17)6-3-4-9-18-12(15)11-7-5-8-13-11/h10-11,13H,2-9H2,1H3. The molecule has 2 atom stereocenters. The van der Waals surface area contributed by atoms with E-state index in [9.17, 15) is 14.9 Å². The first kappa shape index (κ1) is 15.7. The lowest BCUT2D eigenvalue weighted by Gasteiger charge is -2.13. The fraction of sp³-hybridized carbons (Fsp3) is 0.917. The van der Waals surface area contributed by atoms with E-state index in [1.54, 1.807) is 0 Å². The fourth-order valence-corrected chi connectivity index (χ4v) is 2.09. The topological polar surface area (TPSA) is 90.7 Å². The molecule has 0 bridgehead atoms. The Morgan fingerprint density at radius 2 is 2.32 bits per heavy atom. The summed E-state index contributed by atoms with van der Waals surface area (Å²) in [6.45, 7) is 3.09. The van der Waals surface area contributed by atoms with Crippen molar-refractivity contribution >= 4 is 5.97 Å². The summed E-state index contributed by atoms with van der Waals surface area (Å²) in [5.41, 5.74) is 0. The second-order valence-electron chi connectivity index (χ2n) is 4.67. The smallest absolute Gasteiger partial charge is 0.323 e. The van der Waals surface area contributed by atoms with Crippen molar-refractivity contribution in [2.24, 2.45) is 0 Å². The first-order valence-electron chi connectivity index (χ1n) is 6.84. The Morgan fingerprint density at radius 1 is 1.53 bits per heavy atom. The number of carbonyl (C=O) groups is 1. The number of hydrogen-bond donors (Lipinski definition) is 1. The lowest BCUT2D eigenvalue weighted by molar-refractivity contribution is -0.768. The van der Waals surface area contributed by atoms with Crippen LogP contribution in [0, 0.1) is 10.1 Å². The summed E-state index contributed by atoms with van der Waals surface area (Å²) >= 11 is 0. The van der Waals surface area contributed by atoms with Gasteiger partial charge in [-0.1, -0.05) is 6.92 Å². The van der Waals surface area contributed by atoms with E-state index in [0.29, 0.717) is 25.9 Å². The number of nitrogens with zero attached hydrogens (tertiary/aromatic N) is 1. The maximum Gasteiger partial charge on any atom is 0.323 e.